The van der Waals surface area contributed by atoms with Crippen LogP contribution in [0, 0.1) is 0 Å². The van der Waals surface area contributed by atoms with E-state index in [0.29, 0.717) is 18.0 Å². The number of ether oxygens (including phenoxy) is 1. The zero-order chi connectivity index (χ0) is 13.7. The third-order valence-electron chi connectivity index (χ3n) is 3.93. The van der Waals surface area contributed by atoms with Crippen LogP contribution in [0.5, 0.6) is 0 Å². The maximum atomic E-state index is 5.80. The first-order valence-electron chi connectivity index (χ1n) is 7.34. The minimum absolute atomic E-state index is 0.600. The Labute approximate surface area is 121 Å². The summed E-state index contributed by atoms with van der Waals surface area (Å²) in [5.74, 6) is 0.600. The lowest BCUT2D eigenvalue weighted by Gasteiger charge is -2.34. The molecule has 3 heteroatoms. The molecule has 2 bridgehead atoms. The van der Waals surface area contributed by atoms with E-state index in [9.17, 15) is 0 Å². The lowest BCUT2D eigenvalue weighted by molar-refractivity contribution is -0.0186. The van der Waals surface area contributed by atoms with E-state index in [1.165, 1.54) is 24.0 Å². The maximum Gasteiger partial charge on any atom is 0.0622 e. The molecule has 2 nitrogen and oxygen atoms in total. The summed E-state index contributed by atoms with van der Waals surface area (Å²) in [6, 6.07) is 9.94. The number of morpholine rings is 1. The van der Waals surface area contributed by atoms with Crippen molar-refractivity contribution in [2.45, 2.75) is 51.2 Å². The molecule has 1 aromatic carbocycles. The van der Waals surface area contributed by atoms with E-state index in [4.69, 9.17) is 16.3 Å². The average Bonchev–Trinajstić information content (AvgIpc) is 2.71. The molecular formula is C16H24ClNO. The highest BCUT2D eigenvalue weighted by Gasteiger charge is 2.36. The second-order valence-corrected chi connectivity index (χ2v) is 5.31. The van der Waals surface area contributed by atoms with Crippen molar-refractivity contribution in [3.63, 3.8) is 0 Å². The topological polar surface area (TPSA) is 12.5 Å². The fourth-order valence-electron chi connectivity index (χ4n) is 2.92. The zero-order valence-electron chi connectivity index (χ0n) is 11.9. The molecule has 2 saturated heterocycles. The molecule has 2 heterocycles. The number of benzene rings is 1. The summed E-state index contributed by atoms with van der Waals surface area (Å²) in [5, 5.41) is 0. The van der Waals surface area contributed by atoms with Gasteiger partial charge in [0.1, 0.15) is 0 Å². The van der Waals surface area contributed by atoms with Gasteiger partial charge in [0.05, 0.1) is 13.2 Å². The van der Waals surface area contributed by atoms with Crippen molar-refractivity contribution in [3.05, 3.63) is 35.4 Å². The second kappa shape index (κ2) is 7.28. The Morgan fingerprint density at radius 2 is 1.58 bits per heavy atom. The van der Waals surface area contributed by atoms with Crippen LogP contribution in [0.2, 0.25) is 0 Å². The minimum Gasteiger partial charge on any atom is -0.378 e. The molecule has 2 aliphatic heterocycles. The van der Waals surface area contributed by atoms with Crippen molar-refractivity contribution in [2.24, 2.45) is 0 Å². The fourth-order valence-corrected chi connectivity index (χ4v) is 3.09. The summed E-state index contributed by atoms with van der Waals surface area (Å²) in [6.07, 6.45) is 2.59. The third kappa shape index (κ3) is 3.50. The quantitative estimate of drug-likeness (QED) is 0.781. The molecule has 19 heavy (non-hydrogen) atoms. The summed E-state index contributed by atoms with van der Waals surface area (Å²) >= 11 is 5.80. The van der Waals surface area contributed by atoms with Gasteiger partial charge in [-0.25, -0.2) is 0 Å². The molecule has 3 rings (SSSR count). The maximum absolute atomic E-state index is 5.80. The van der Waals surface area contributed by atoms with Gasteiger partial charge in [0.15, 0.2) is 0 Å². The van der Waals surface area contributed by atoms with E-state index < -0.39 is 0 Å². The van der Waals surface area contributed by atoms with Crippen LogP contribution >= 0.6 is 11.6 Å². The summed E-state index contributed by atoms with van der Waals surface area (Å²) < 4.78 is 5.60. The van der Waals surface area contributed by atoms with Crippen molar-refractivity contribution in [1.29, 1.82) is 0 Å². The van der Waals surface area contributed by atoms with Crippen molar-refractivity contribution in [1.82, 2.24) is 4.90 Å². The van der Waals surface area contributed by atoms with Crippen LogP contribution < -0.4 is 0 Å². The molecule has 2 fully saturated rings. The van der Waals surface area contributed by atoms with Gasteiger partial charge in [0.2, 0.25) is 0 Å². The Balaban J connectivity index is 0.000000637. The largest absolute Gasteiger partial charge is 0.378 e. The smallest absolute Gasteiger partial charge is 0.0622 e. The predicted octanol–water partition coefficient (Wildman–Crippen LogP) is 3.81. The van der Waals surface area contributed by atoms with Crippen molar-refractivity contribution in [3.8, 4) is 0 Å². The van der Waals surface area contributed by atoms with Gasteiger partial charge in [-0.15, -0.1) is 11.6 Å². The van der Waals surface area contributed by atoms with E-state index in [1.807, 2.05) is 13.8 Å². The summed E-state index contributed by atoms with van der Waals surface area (Å²) in [4.78, 5) is 2.61. The van der Waals surface area contributed by atoms with E-state index in [-0.39, 0.29) is 0 Å². The molecule has 0 aromatic heterocycles. The van der Waals surface area contributed by atoms with Crippen LogP contribution in [0.1, 0.15) is 37.8 Å². The van der Waals surface area contributed by atoms with Crippen LogP contribution in [0.4, 0.5) is 0 Å². The molecule has 2 unspecified atom stereocenters. The number of fused-ring (bicyclic) bond motifs is 2. The Bertz CT molecular complexity index is 363. The predicted molar refractivity (Wildman–Crippen MR) is 80.5 cm³/mol. The van der Waals surface area contributed by atoms with Crippen molar-refractivity contribution >= 4 is 11.6 Å². The van der Waals surface area contributed by atoms with E-state index in [0.717, 1.165) is 19.8 Å². The number of hydrogen-bond acceptors (Lipinski definition) is 2. The molecule has 0 spiro atoms. The van der Waals surface area contributed by atoms with Gasteiger partial charge < -0.3 is 4.74 Å². The van der Waals surface area contributed by atoms with Crippen LogP contribution in [0.15, 0.2) is 24.3 Å². The normalized spacial score (nSPS) is 25.8. The molecule has 0 N–H and O–H groups in total. The summed E-state index contributed by atoms with van der Waals surface area (Å²) in [7, 11) is 0. The van der Waals surface area contributed by atoms with Crippen LogP contribution in [0.3, 0.4) is 0 Å². The Hall–Kier alpha value is -0.570. The molecule has 0 amide bonds. The highest BCUT2D eigenvalue weighted by molar-refractivity contribution is 6.17. The molecular weight excluding hydrogens is 258 g/mol. The summed E-state index contributed by atoms with van der Waals surface area (Å²) in [6.45, 7) is 6.88. The zero-order valence-corrected chi connectivity index (χ0v) is 12.7. The molecule has 1 aromatic rings. The first-order valence-corrected chi connectivity index (χ1v) is 7.87. The summed E-state index contributed by atoms with van der Waals surface area (Å²) in [5.41, 5.74) is 2.58. The first-order chi connectivity index (χ1) is 9.36. The van der Waals surface area contributed by atoms with Crippen LogP contribution in [0.25, 0.3) is 0 Å². The number of halogens is 1. The monoisotopic (exact) mass is 281 g/mol. The lowest BCUT2D eigenvalue weighted by atomic mass is 10.1. The van der Waals surface area contributed by atoms with Crippen molar-refractivity contribution in [2.75, 3.05) is 13.2 Å². The van der Waals surface area contributed by atoms with Crippen LogP contribution in [-0.4, -0.2) is 30.2 Å². The molecule has 2 atom stereocenters. The van der Waals surface area contributed by atoms with Gasteiger partial charge in [-0.3, -0.25) is 4.90 Å². The average molecular weight is 282 g/mol. The Morgan fingerprint density at radius 3 is 2.11 bits per heavy atom. The van der Waals surface area contributed by atoms with Gasteiger partial charge in [-0.1, -0.05) is 38.1 Å². The molecule has 0 saturated carbocycles. The van der Waals surface area contributed by atoms with E-state index >= 15 is 0 Å². The van der Waals surface area contributed by atoms with Gasteiger partial charge >= 0.3 is 0 Å². The fraction of sp³-hybridized carbons (Fsp3) is 0.625. The van der Waals surface area contributed by atoms with Crippen molar-refractivity contribution < 1.29 is 4.74 Å². The molecule has 2 aliphatic rings. The number of alkyl halides is 1. The third-order valence-corrected chi connectivity index (χ3v) is 4.24. The second-order valence-electron chi connectivity index (χ2n) is 5.04. The van der Waals surface area contributed by atoms with Gasteiger partial charge in [-0.05, 0) is 24.0 Å². The molecule has 106 valence electrons. The van der Waals surface area contributed by atoms with Gasteiger partial charge in [0.25, 0.3) is 0 Å². The highest BCUT2D eigenvalue weighted by Crippen LogP contribution is 2.30. The molecule has 0 aliphatic carbocycles. The van der Waals surface area contributed by atoms with Gasteiger partial charge in [-0.2, -0.15) is 0 Å². The van der Waals surface area contributed by atoms with E-state index in [2.05, 4.69) is 29.2 Å². The standard InChI is InChI=1S/C14H18ClNO.C2H6/c15-7-11-1-3-12(4-2-11)8-16-13-5-6-14(16)10-17-9-13;1-2/h1-4,13-14H,5-10H2;1-2H3. The first kappa shape index (κ1) is 14.8. The Morgan fingerprint density at radius 1 is 1.05 bits per heavy atom. The van der Waals surface area contributed by atoms with Crippen LogP contribution in [-0.2, 0) is 17.2 Å². The SMILES string of the molecule is CC.ClCc1ccc(CN2C3CCC2COC3)cc1. The lowest BCUT2D eigenvalue weighted by Crippen LogP contribution is -2.45. The van der Waals surface area contributed by atoms with E-state index in [1.54, 1.807) is 0 Å². The minimum atomic E-state index is 0.600. The number of hydrogen-bond donors (Lipinski definition) is 0. The number of rotatable bonds is 3. The highest BCUT2D eigenvalue weighted by atomic mass is 35.5. The number of nitrogens with zero attached hydrogens (tertiary/aromatic N) is 1. The van der Waals surface area contributed by atoms with Gasteiger partial charge in [0, 0.05) is 24.5 Å². The Kier molecular flexibility index (Phi) is 5.68. The molecule has 0 radical (unpaired) electrons.